The van der Waals surface area contributed by atoms with E-state index in [2.05, 4.69) is 0 Å². The number of carbonyl (C=O) groups excluding carboxylic acids is 2. The quantitative estimate of drug-likeness (QED) is 0.649. The number of rotatable bonds is 6. The summed E-state index contributed by atoms with van der Waals surface area (Å²) in [6.07, 6.45) is -0.0640. The number of amides is 1. The van der Waals surface area contributed by atoms with Crippen LogP contribution in [0.3, 0.4) is 0 Å². The second-order valence-electron chi connectivity index (χ2n) is 7.92. The van der Waals surface area contributed by atoms with Crippen molar-refractivity contribution >= 4 is 11.9 Å². The monoisotopic (exact) mass is 407 g/mol. The molecule has 0 spiro atoms. The molecular weight excluding hydrogens is 378 g/mol. The molecule has 2 aromatic carbocycles. The number of carbonyl (C=O) groups is 2. The second kappa shape index (κ2) is 9.16. The van der Waals surface area contributed by atoms with Gasteiger partial charge in [-0.25, -0.2) is 4.79 Å². The van der Waals surface area contributed by atoms with Crippen LogP contribution < -0.4 is 4.74 Å². The van der Waals surface area contributed by atoms with Crippen LogP contribution in [0, 0.1) is 6.92 Å². The fourth-order valence-corrected chi connectivity index (χ4v) is 3.84. The van der Waals surface area contributed by atoms with E-state index >= 15 is 0 Å². The molecule has 0 fully saturated rings. The highest BCUT2D eigenvalue weighted by atomic mass is 16.5. The highest BCUT2D eigenvalue weighted by Gasteiger charge is 2.38. The third kappa shape index (κ3) is 4.56. The number of allylic oxidation sites excluding steroid dienone is 1. The SMILES string of the molecule is COc1ccccc1[C@H]1CC(=O)N(Cc2ccc(C)cc2)C(C)=C1C(=O)OC(C)C. The molecule has 1 aliphatic rings. The number of nitrogens with zero attached hydrogens (tertiary/aromatic N) is 1. The maximum Gasteiger partial charge on any atom is 0.336 e. The first kappa shape index (κ1) is 21.6. The minimum atomic E-state index is -0.408. The second-order valence-corrected chi connectivity index (χ2v) is 7.92. The number of aryl methyl sites for hydroxylation is 1. The van der Waals surface area contributed by atoms with E-state index in [0.717, 1.165) is 16.7 Å². The van der Waals surface area contributed by atoms with Crippen molar-refractivity contribution in [2.45, 2.75) is 52.7 Å². The lowest BCUT2D eigenvalue weighted by Gasteiger charge is -2.35. The van der Waals surface area contributed by atoms with Gasteiger partial charge in [0.1, 0.15) is 5.75 Å². The first-order valence-electron chi connectivity index (χ1n) is 10.2. The van der Waals surface area contributed by atoms with Gasteiger partial charge in [0.2, 0.25) is 5.91 Å². The van der Waals surface area contributed by atoms with E-state index in [1.54, 1.807) is 12.0 Å². The third-order valence-electron chi connectivity index (χ3n) is 5.36. The van der Waals surface area contributed by atoms with E-state index in [-0.39, 0.29) is 24.4 Å². The van der Waals surface area contributed by atoms with Crippen LogP contribution in [0.2, 0.25) is 0 Å². The van der Waals surface area contributed by atoms with E-state index in [1.807, 2.05) is 76.2 Å². The van der Waals surface area contributed by atoms with Crippen LogP contribution in [-0.4, -0.2) is 30.0 Å². The molecule has 2 aromatic rings. The Balaban J connectivity index is 2.06. The van der Waals surface area contributed by atoms with Gasteiger partial charge in [-0.2, -0.15) is 0 Å². The normalized spacial score (nSPS) is 16.8. The molecule has 1 aliphatic heterocycles. The number of hydrogen-bond donors (Lipinski definition) is 0. The Hall–Kier alpha value is -3.08. The topological polar surface area (TPSA) is 55.8 Å². The van der Waals surface area contributed by atoms with E-state index in [4.69, 9.17) is 9.47 Å². The molecule has 0 radical (unpaired) electrons. The van der Waals surface area contributed by atoms with Gasteiger partial charge in [0, 0.05) is 23.6 Å². The molecule has 1 heterocycles. The van der Waals surface area contributed by atoms with Crippen molar-refractivity contribution in [2.24, 2.45) is 0 Å². The van der Waals surface area contributed by atoms with E-state index < -0.39 is 5.92 Å². The number of ether oxygens (including phenoxy) is 2. The van der Waals surface area contributed by atoms with Crippen molar-refractivity contribution < 1.29 is 19.1 Å². The van der Waals surface area contributed by atoms with Gasteiger partial charge in [-0.15, -0.1) is 0 Å². The Bertz CT molecular complexity index is 959. The number of esters is 1. The minimum absolute atomic E-state index is 0.0231. The molecule has 1 atom stereocenters. The first-order valence-corrected chi connectivity index (χ1v) is 10.2. The highest BCUT2D eigenvalue weighted by Crippen LogP contribution is 2.41. The van der Waals surface area contributed by atoms with Gasteiger partial charge >= 0.3 is 5.97 Å². The lowest BCUT2D eigenvalue weighted by Crippen LogP contribution is -2.38. The maximum absolute atomic E-state index is 13.1. The summed E-state index contributed by atoms with van der Waals surface area (Å²) < 4.78 is 11.1. The van der Waals surface area contributed by atoms with Crippen molar-refractivity contribution in [3.63, 3.8) is 0 Å². The number of benzene rings is 2. The van der Waals surface area contributed by atoms with Gasteiger partial charge in [0.15, 0.2) is 0 Å². The maximum atomic E-state index is 13.1. The lowest BCUT2D eigenvalue weighted by molar-refractivity contribution is -0.143. The van der Waals surface area contributed by atoms with Crippen molar-refractivity contribution in [2.75, 3.05) is 7.11 Å². The van der Waals surface area contributed by atoms with Crippen molar-refractivity contribution in [3.05, 3.63) is 76.5 Å². The van der Waals surface area contributed by atoms with Crippen LogP contribution in [0.5, 0.6) is 5.75 Å². The number of hydrogen-bond acceptors (Lipinski definition) is 4. The van der Waals surface area contributed by atoms with Gasteiger partial charge in [-0.05, 0) is 39.3 Å². The summed E-state index contributed by atoms with van der Waals surface area (Å²) in [5.41, 5.74) is 4.14. The molecular formula is C25H29NO4. The van der Waals surface area contributed by atoms with Crippen LogP contribution in [0.1, 0.15) is 49.8 Å². The van der Waals surface area contributed by atoms with Gasteiger partial charge < -0.3 is 14.4 Å². The fraction of sp³-hybridized carbons (Fsp3) is 0.360. The molecule has 5 nitrogen and oxygen atoms in total. The number of methoxy groups -OCH3 is 1. The molecule has 0 saturated heterocycles. The molecule has 0 aromatic heterocycles. The Morgan fingerprint density at radius 3 is 2.40 bits per heavy atom. The number of para-hydroxylation sites is 1. The smallest absolute Gasteiger partial charge is 0.336 e. The summed E-state index contributed by atoms with van der Waals surface area (Å²) in [7, 11) is 1.59. The molecule has 0 aliphatic carbocycles. The van der Waals surface area contributed by atoms with Crippen LogP contribution in [0.15, 0.2) is 59.8 Å². The Kier molecular flexibility index (Phi) is 6.60. The highest BCUT2D eigenvalue weighted by molar-refractivity contribution is 5.96. The molecule has 0 bridgehead atoms. The average molecular weight is 408 g/mol. The molecule has 5 heteroatoms. The predicted molar refractivity (Wildman–Crippen MR) is 116 cm³/mol. The van der Waals surface area contributed by atoms with E-state index in [9.17, 15) is 9.59 Å². The predicted octanol–water partition coefficient (Wildman–Crippen LogP) is 4.75. The summed E-state index contributed by atoms with van der Waals surface area (Å²) in [6, 6.07) is 15.6. The van der Waals surface area contributed by atoms with E-state index in [0.29, 0.717) is 23.6 Å². The van der Waals surface area contributed by atoms with Gasteiger partial charge in [0.05, 0.1) is 25.3 Å². The average Bonchev–Trinajstić information content (AvgIpc) is 2.71. The van der Waals surface area contributed by atoms with Gasteiger partial charge in [-0.3, -0.25) is 4.79 Å². The molecule has 0 saturated carbocycles. The van der Waals surface area contributed by atoms with Crippen LogP contribution in [0.25, 0.3) is 0 Å². The van der Waals surface area contributed by atoms with E-state index in [1.165, 1.54) is 0 Å². The largest absolute Gasteiger partial charge is 0.496 e. The van der Waals surface area contributed by atoms with Gasteiger partial charge in [0.25, 0.3) is 0 Å². The Morgan fingerprint density at radius 2 is 1.77 bits per heavy atom. The minimum Gasteiger partial charge on any atom is -0.496 e. The van der Waals surface area contributed by atoms with Gasteiger partial charge in [-0.1, -0.05) is 48.0 Å². The summed E-state index contributed by atoms with van der Waals surface area (Å²) in [5.74, 6) is -0.163. The molecule has 3 rings (SSSR count). The zero-order chi connectivity index (χ0) is 21.8. The summed E-state index contributed by atoms with van der Waals surface area (Å²) >= 11 is 0. The Morgan fingerprint density at radius 1 is 1.10 bits per heavy atom. The van der Waals surface area contributed by atoms with Crippen molar-refractivity contribution in [1.82, 2.24) is 4.90 Å². The van der Waals surface area contributed by atoms with Crippen molar-refractivity contribution in [1.29, 1.82) is 0 Å². The fourth-order valence-electron chi connectivity index (χ4n) is 3.84. The molecule has 0 unspecified atom stereocenters. The third-order valence-corrected chi connectivity index (χ3v) is 5.36. The molecule has 30 heavy (non-hydrogen) atoms. The first-order chi connectivity index (χ1) is 14.3. The summed E-state index contributed by atoms with van der Waals surface area (Å²) in [5, 5.41) is 0. The van der Waals surface area contributed by atoms with Crippen LogP contribution >= 0.6 is 0 Å². The molecule has 1 amide bonds. The van der Waals surface area contributed by atoms with Crippen molar-refractivity contribution in [3.8, 4) is 5.75 Å². The summed E-state index contributed by atoms with van der Waals surface area (Å²) in [4.78, 5) is 27.9. The van der Waals surface area contributed by atoms with Crippen LogP contribution in [0.4, 0.5) is 0 Å². The Labute approximate surface area is 178 Å². The zero-order valence-electron chi connectivity index (χ0n) is 18.3. The van der Waals surface area contributed by atoms with Crippen LogP contribution in [-0.2, 0) is 20.9 Å². The zero-order valence-corrected chi connectivity index (χ0v) is 18.3. The standard InChI is InChI=1S/C25H29NO4/c1-16(2)30-25(28)24-18(4)26(15-19-12-10-17(3)11-13-19)23(27)14-21(24)20-8-6-7-9-22(20)29-5/h6-13,16,21H,14-15H2,1-5H3/t21-/m1/s1. The summed E-state index contributed by atoms with van der Waals surface area (Å²) in [6.45, 7) is 7.92. The molecule has 158 valence electrons. The molecule has 0 N–H and O–H groups in total. The lowest BCUT2D eigenvalue weighted by atomic mass is 9.83.